The summed E-state index contributed by atoms with van der Waals surface area (Å²) in [4.78, 5) is 6.90. The lowest BCUT2D eigenvalue weighted by Crippen LogP contribution is -2.31. The molecule has 2 aromatic heterocycles. The van der Waals surface area contributed by atoms with Gasteiger partial charge in [-0.05, 0) is 56.9 Å². The lowest BCUT2D eigenvalue weighted by atomic mass is 10.1. The van der Waals surface area contributed by atoms with Gasteiger partial charge in [-0.25, -0.2) is 4.39 Å². The highest BCUT2D eigenvalue weighted by atomic mass is 19.1. The van der Waals surface area contributed by atoms with Gasteiger partial charge >= 0.3 is 0 Å². The van der Waals surface area contributed by atoms with Gasteiger partial charge in [0.1, 0.15) is 11.2 Å². The van der Waals surface area contributed by atoms with Crippen LogP contribution in [0.25, 0.3) is 18.4 Å². The van der Waals surface area contributed by atoms with Gasteiger partial charge in [-0.3, -0.25) is 0 Å². The van der Waals surface area contributed by atoms with E-state index in [1.54, 1.807) is 0 Å². The van der Waals surface area contributed by atoms with Crippen LogP contribution in [-0.2, 0) is 6.42 Å². The molecular weight excluding hydrogens is 333 g/mol. The molecule has 1 fully saturated rings. The van der Waals surface area contributed by atoms with Gasteiger partial charge in [0, 0.05) is 11.6 Å². The van der Waals surface area contributed by atoms with Gasteiger partial charge in [0.25, 0.3) is 5.95 Å². The maximum absolute atomic E-state index is 14.1. The minimum Gasteiger partial charge on any atom is -0.337 e. The summed E-state index contributed by atoms with van der Waals surface area (Å²) < 4.78 is 20.8. The molecule has 2 aromatic rings. The molecule has 1 saturated heterocycles. The van der Waals surface area contributed by atoms with Gasteiger partial charge in [-0.1, -0.05) is 26.8 Å². The molecule has 1 aliphatic rings. The maximum atomic E-state index is 14.1. The smallest absolute Gasteiger partial charge is 0.291 e. The SMILES string of the molecule is C=c1c(C(C)C)nn(-c2noc(CCCN3CCCCC3)n2)c1=C(C)F. The Balaban J connectivity index is 1.74. The maximum Gasteiger partial charge on any atom is 0.291 e. The highest BCUT2D eigenvalue weighted by Crippen LogP contribution is 2.11. The van der Waals surface area contributed by atoms with Crippen molar-refractivity contribution in [3.63, 3.8) is 0 Å². The van der Waals surface area contributed by atoms with Gasteiger partial charge in [0.05, 0.1) is 5.69 Å². The number of likely N-dealkylation sites (tertiary alicyclic amines) is 1. The molecule has 0 unspecified atom stereocenters. The predicted molar refractivity (Wildman–Crippen MR) is 99.1 cm³/mol. The molecule has 142 valence electrons. The lowest BCUT2D eigenvalue weighted by molar-refractivity contribution is 0.223. The summed E-state index contributed by atoms with van der Waals surface area (Å²) in [7, 11) is 0. The second kappa shape index (κ2) is 8.12. The fraction of sp³-hybridized carbons (Fsp3) is 0.632. The summed E-state index contributed by atoms with van der Waals surface area (Å²) in [5.41, 5.74) is 0.744. The Labute approximate surface area is 153 Å². The number of aromatic nitrogens is 4. The average Bonchev–Trinajstić information content (AvgIpc) is 3.20. The molecule has 0 bridgehead atoms. The third-order valence-electron chi connectivity index (χ3n) is 4.85. The Hall–Kier alpha value is -2.02. The fourth-order valence-electron chi connectivity index (χ4n) is 3.50. The Kier molecular flexibility index (Phi) is 5.86. The first-order valence-corrected chi connectivity index (χ1v) is 9.47. The van der Waals surface area contributed by atoms with E-state index in [9.17, 15) is 4.39 Å². The van der Waals surface area contributed by atoms with Gasteiger partial charge in [-0.2, -0.15) is 14.8 Å². The van der Waals surface area contributed by atoms with E-state index in [2.05, 4.69) is 26.7 Å². The highest BCUT2D eigenvalue weighted by Gasteiger charge is 2.17. The molecule has 6 nitrogen and oxygen atoms in total. The quantitative estimate of drug-likeness (QED) is 0.790. The van der Waals surface area contributed by atoms with Crippen LogP contribution in [0.4, 0.5) is 4.39 Å². The van der Waals surface area contributed by atoms with Crippen molar-refractivity contribution in [1.82, 2.24) is 24.8 Å². The van der Waals surface area contributed by atoms with Crippen molar-refractivity contribution in [2.75, 3.05) is 19.6 Å². The summed E-state index contributed by atoms with van der Waals surface area (Å²) in [5, 5.41) is 9.36. The molecule has 0 atom stereocenters. The average molecular weight is 361 g/mol. The van der Waals surface area contributed by atoms with Crippen molar-refractivity contribution in [3.8, 4) is 5.95 Å². The second-order valence-corrected chi connectivity index (χ2v) is 7.31. The van der Waals surface area contributed by atoms with Crippen LogP contribution in [0.15, 0.2) is 4.52 Å². The largest absolute Gasteiger partial charge is 0.337 e. The van der Waals surface area contributed by atoms with Crippen LogP contribution in [0.1, 0.15) is 64.0 Å². The van der Waals surface area contributed by atoms with Gasteiger partial charge in [0.2, 0.25) is 5.89 Å². The van der Waals surface area contributed by atoms with Crippen molar-refractivity contribution in [2.45, 2.75) is 58.8 Å². The molecule has 0 amide bonds. The van der Waals surface area contributed by atoms with Gasteiger partial charge in [0.15, 0.2) is 0 Å². The van der Waals surface area contributed by atoms with Gasteiger partial charge in [-0.15, -0.1) is 0 Å². The highest BCUT2D eigenvalue weighted by molar-refractivity contribution is 5.34. The molecule has 0 radical (unpaired) electrons. The summed E-state index contributed by atoms with van der Waals surface area (Å²) in [6.07, 6.45) is 5.61. The first kappa shape index (κ1) is 18.8. The molecule has 3 rings (SSSR count). The third-order valence-corrected chi connectivity index (χ3v) is 4.85. The molecule has 3 heterocycles. The summed E-state index contributed by atoms with van der Waals surface area (Å²) in [6.45, 7) is 12.8. The van der Waals surface area contributed by atoms with Crippen LogP contribution < -0.4 is 10.6 Å². The summed E-state index contributed by atoms with van der Waals surface area (Å²) in [5.74, 6) is 0.608. The molecule has 26 heavy (non-hydrogen) atoms. The normalized spacial score (nSPS) is 17.1. The zero-order valence-electron chi connectivity index (χ0n) is 16.0. The van der Waals surface area contributed by atoms with E-state index in [4.69, 9.17) is 4.52 Å². The van der Waals surface area contributed by atoms with Crippen LogP contribution in [0.5, 0.6) is 0 Å². The lowest BCUT2D eigenvalue weighted by Gasteiger charge is -2.25. The number of piperidine rings is 1. The first-order valence-electron chi connectivity index (χ1n) is 9.47. The molecular formula is C19H28FN5O. The van der Waals surface area contributed by atoms with Gasteiger partial charge < -0.3 is 9.42 Å². The van der Waals surface area contributed by atoms with Crippen LogP contribution in [0, 0.1) is 0 Å². The molecule has 0 N–H and O–H groups in total. The minimum absolute atomic E-state index is 0.137. The number of hydrogen-bond acceptors (Lipinski definition) is 5. The van der Waals surface area contributed by atoms with Crippen molar-refractivity contribution in [3.05, 3.63) is 22.2 Å². The summed E-state index contributed by atoms with van der Waals surface area (Å²) in [6, 6.07) is 0. The standard InChI is InChI=1S/C19H28FN5O/c1-13(2)17-14(3)18(15(4)20)25(22-17)19-21-16(26-23-19)9-8-12-24-10-6-5-7-11-24/h13H,3,5-12H2,1-2,4H3. The first-order chi connectivity index (χ1) is 12.5. The second-order valence-electron chi connectivity index (χ2n) is 7.31. The molecule has 0 aliphatic carbocycles. The number of nitrogens with zero attached hydrogens (tertiary/aromatic N) is 5. The third kappa shape index (κ3) is 4.03. The molecule has 7 heteroatoms. The topological polar surface area (TPSA) is 60.0 Å². The molecule has 0 saturated carbocycles. The van der Waals surface area contributed by atoms with Crippen LogP contribution in [0.2, 0.25) is 0 Å². The molecule has 1 aliphatic heterocycles. The van der Waals surface area contributed by atoms with E-state index in [-0.39, 0.29) is 17.7 Å². The van der Waals surface area contributed by atoms with Crippen molar-refractivity contribution in [2.24, 2.45) is 0 Å². The Morgan fingerprint density at radius 1 is 1.27 bits per heavy atom. The Bertz CT molecular complexity index is 844. The number of rotatable bonds is 6. The van der Waals surface area contributed by atoms with Crippen LogP contribution in [-0.4, -0.2) is 44.5 Å². The fourth-order valence-corrected chi connectivity index (χ4v) is 3.50. The Morgan fingerprint density at radius 2 is 2.00 bits per heavy atom. The van der Waals surface area contributed by atoms with E-state index >= 15 is 0 Å². The van der Waals surface area contributed by atoms with E-state index in [1.165, 1.54) is 44.0 Å². The summed E-state index contributed by atoms with van der Waals surface area (Å²) >= 11 is 0. The van der Waals surface area contributed by atoms with Crippen molar-refractivity contribution in [1.29, 1.82) is 0 Å². The van der Waals surface area contributed by atoms with Crippen molar-refractivity contribution < 1.29 is 8.91 Å². The monoisotopic (exact) mass is 361 g/mol. The van der Waals surface area contributed by atoms with Crippen LogP contribution >= 0.6 is 0 Å². The zero-order valence-corrected chi connectivity index (χ0v) is 16.0. The van der Waals surface area contributed by atoms with Crippen molar-refractivity contribution >= 4 is 12.4 Å². The minimum atomic E-state index is -0.356. The van der Waals surface area contributed by atoms with Crippen LogP contribution in [0.3, 0.4) is 0 Å². The van der Waals surface area contributed by atoms with E-state index in [0.29, 0.717) is 22.9 Å². The molecule has 0 aromatic carbocycles. The van der Waals surface area contributed by atoms with E-state index in [0.717, 1.165) is 18.7 Å². The predicted octanol–water partition coefficient (Wildman–Crippen LogP) is 2.31. The number of aryl methyl sites for hydroxylation is 1. The van der Waals surface area contributed by atoms with E-state index < -0.39 is 0 Å². The zero-order chi connectivity index (χ0) is 18.7. The Morgan fingerprint density at radius 3 is 2.65 bits per heavy atom. The number of halogens is 1. The van der Waals surface area contributed by atoms with E-state index in [1.807, 2.05) is 13.8 Å². The number of hydrogen-bond donors (Lipinski definition) is 0. The molecule has 0 spiro atoms.